The molecule has 3 saturated heterocycles. The Bertz CT molecular complexity index is 1300. The number of para-hydroxylation sites is 1. The number of fused-ring (bicyclic) bond motifs is 2. The number of benzene rings is 1. The van der Waals surface area contributed by atoms with Crippen LogP contribution in [-0.4, -0.2) is 90.7 Å². The summed E-state index contributed by atoms with van der Waals surface area (Å²) in [5, 5.41) is 0. The molecule has 4 aliphatic heterocycles. The first kappa shape index (κ1) is 26.7. The van der Waals surface area contributed by atoms with Gasteiger partial charge < -0.3 is 24.3 Å². The van der Waals surface area contributed by atoms with Gasteiger partial charge >= 0.3 is 6.01 Å². The maximum Gasteiger partial charge on any atom is 0.318 e. The summed E-state index contributed by atoms with van der Waals surface area (Å²) < 4.78 is 6.36. The van der Waals surface area contributed by atoms with E-state index in [2.05, 4.69) is 52.6 Å². The topological polar surface area (TPSA) is 65.0 Å². The van der Waals surface area contributed by atoms with Crippen molar-refractivity contribution in [2.45, 2.75) is 69.9 Å². The molecule has 1 amide bonds. The van der Waals surface area contributed by atoms with Crippen LogP contribution >= 0.6 is 0 Å². The fraction of sp³-hybridized carbons (Fsp3) is 0.606. The smallest absolute Gasteiger partial charge is 0.318 e. The molecular formula is C33H44N6O2. The minimum atomic E-state index is 0.0588. The van der Waals surface area contributed by atoms with Gasteiger partial charge in [-0.05, 0) is 82.7 Å². The molecule has 8 heteroatoms. The van der Waals surface area contributed by atoms with Crippen LogP contribution in [0.15, 0.2) is 36.9 Å². The minimum absolute atomic E-state index is 0.0588. The van der Waals surface area contributed by atoms with Gasteiger partial charge in [0.05, 0.1) is 5.69 Å². The Morgan fingerprint density at radius 2 is 1.90 bits per heavy atom. The Kier molecular flexibility index (Phi) is 7.13. The minimum Gasteiger partial charge on any atom is -0.462 e. The van der Waals surface area contributed by atoms with Gasteiger partial charge in [-0.3, -0.25) is 4.79 Å². The fourth-order valence-electron chi connectivity index (χ4n) is 8.01. The molecule has 5 heterocycles. The molecule has 3 fully saturated rings. The van der Waals surface area contributed by atoms with Crippen LogP contribution in [0.4, 0.5) is 11.5 Å². The summed E-state index contributed by atoms with van der Waals surface area (Å²) in [6, 6.07) is 10.4. The summed E-state index contributed by atoms with van der Waals surface area (Å²) in [7, 11) is 2.19. The molecule has 1 aromatic carbocycles. The number of likely N-dealkylation sites (tertiary alicyclic amines) is 2. The molecule has 5 aliphatic rings. The van der Waals surface area contributed by atoms with E-state index in [4.69, 9.17) is 14.7 Å². The van der Waals surface area contributed by atoms with Crippen LogP contribution in [0.1, 0.15) is 55.3 Å². The normalized spacial score (nSPS) is 25.4. The van der Waals surface area contributed by atoms with E-state index in [1.54, 1.807) is 0 Å². The third-order valence-electron chi connectivity index (χ3n) is 10.5. The third kappa shape index (κ3) is 5.09. The second-order valence-electron chi connectivity index (χ2n) is 13.1. The van der Waals surface area contributed by atoms with Crippen molar-refractivity contribution >= 4 is 17.4 Å². The zero-order valence-electron chi connectivity index (χ0n) is 24.6. The summed E-state index contributed by atoms with van der Waals surface area (Å²) in [6.45, 7) is 10.2. The highest BCUT2D eigenvalue weighted by Crippen LogP contribution is 2.43. The summed E-state index contributed by atoms with van der Waals surface area (Å²) in [5.74, 6) is 1.15. The standard InChI is InChI=1S/C33H44N6O2/c1-3-30(40)38-22-33(23-38)14-18-37(19-15-33)31-27-13-12-25(39-17-6-9-24-8-4-5-11-29(24)39)20-28(27)34-32(35-31)41-21-26-10-7-16-36(26)2/h3-5,8,11,25-26H,1,6-7,9-10,12-23H2,2H3/t25-,26-/m0/s1. The zero-order chi connectivity index (χ0) is 28.0. The molecule has 0 saturated carbocycles. The van der Waals surface area contributed by atoms with Crippen LogP contribution in [0.25, 0.3) is 0 Å². The molecule has 8 nitrogen and oxygen atoms in total. The van der Waals surface area contributed by atoms with Crippen molar-refractivity contribution in [3.05, 3.63) is 53.7 Å². The van der Waals surface area contributed by atoms with Crippen LogP contribution in [0.5, 0.6) is 6.01 Å². The second kappa shape index (κ2) is 10.9. The van der Waals surface area contributed by atoms with Crippen molar-refractivity contribution in [3.8, 4) is 6.01 Å². The number of hydrogen-bond donors (Lipinski definition) is 0. The number of ether oxygens (including phenoxy) is 1. The largest absolute Gasteiger partial charge is 0.462 e. The SMILES string of the molecule is C=CC(=O)N1CC2(CCN(c3nc(OC[C@@H]4CCCN4C)nc4c3CC[C@H](N3CCCc5ccccc53)C4)CC2)C1. The highest BCUT2D eigenvalue weighted by atomic mass is 16.5. The number of amides is 1. The number of likely N-dealkylation sites (N-methyl/N-ethyl adjacent to an activating group) is 1. The summed E-state index contributed by atoms with van der Waals surface area (Å²) in [6.07, 6.45) is 11.5. The van der Waals surface area contributed by atoms with Gasteiger partial charge in [0.1, 0.15) is 12.4 Å². The van der Waals surface area contributed by atoms with Gasteiger partial charge in [-0.1, -0.05) is 24.8 Å². The van der Waals surface area contributed by atoms with Gasteiger partial charge in [-0.15, -0.1) is 0 Å². The summed E-state index contributed by atoms with van der Waals surface area (Å²) >= 11 is 0. The van der Waals surface area contributed by atoms with Crippen molar-refractivity contribution in [2.24, 2.45) is 5.41 Å². The van der Waals surface area contributed by atoms with E-state index in [0.29, 0.717) is 24.7 Å². The van der Waals surface area contributed by atoms with Crippen molar-refractivity contribution in [2.75, 3.05) is 62.7 Å². The zero-order valence-corrected chi connectivity index (χ0v) is 24.6. The van der Waals surface area contributed by atoms with Crippen LogP contribution < -0.4 is 14.5 Å². The Balaban J connectivity index is 1.12. The lowest BCUT2D eigenvalue weighted by Gasteiger charge is -2.54. The highest BCUT2D eigenvalue weighted by Gasteiger charge is 2.46. The van der Waals surface area contributed by atoms with Gasteiger partial charge in [0.25, 0.3) is 0 Å². The molecule has 0 bridgehead atoms. The highest BCUT2D eigenvalue weighted by molar-refractivity contribution is 5.87. The first-order valence-electron chi connectivity index (χ1n) is 15.8. The molecular weight excluding hydrogens is 512 g/mol. The molecule has 1 aromatic heterocycles. The van der Waals surface area contributed by atoms with Crippen molar-refractivity contribution in [1.82, 2.24) is 19.8 Å². The molecule has 1 aliphatic carbocycles. The molecule has 7 rings (SSSR count). The van der Waals surface area contributed by atoms with E-state index in [-0.39, 0.29) is 11.3 Å². The van der Waals surface area contributed by atoms with Gasteiger partial charge in [-0.25, -0.2) is 0 Å². The van der Waals surface area contributed by atoms with Crippen molar-refractivity contribution in [1.29, 1.82) is 0 Å². The van der Waals surface area contributed by atoms with E-state index in [1.807, 2.05) is 4.90 Å². The van der Waals surface area contributed by atoms with Crippen LogP contribution in [0.3, 0.4) is 0 Å². The maximum atomic E-state index is 12.1. The van der Waals surface area contributed by atoms with Crippen molar-refractivity contribution in [3.63, 3.8) is 0 Å². The molecule has 2 atom stereocenters. The van der Waals surface area contributed by atoms with E-state index < -0.39 is 0 Å². The Hall–Kier alpha value is -3.13. The van der Waals surface area contributed by atoms with E-state index in [9.17, 15) is 4.79 Å². The number of anilines is 2. The molecule has 2 aromatic rings. The summed E-state index contributed by atoms with van der Waals surface area (Å²) in [4.78, 5) is 31.7. The predicted molar refractivity (Wildman–Crippen MR) is 162 cm³/mol. The number of rotatable bonds is 6. The Labute approximate surface area is 244 Å². The number of aromatic nitrogens is 2. The number of hydrogen-bond acceptors (Lipinski definition) is 7. The lowest BCUT2D eigenvalue weighted by molar-refractivity contribution is -0.139. The van der Waals surface area contributed by atoms with Gasteiger partial charge in [0, 0.05) is 67.9 Å². The first-order valence-corrected chi connectivity index (χ1v) is 15.8. The Morgan fingerprint density at radius 1 is 1.07 bits per heavy atom. The van der Waals surface area contributed by atoms with Gasteiger partial charge in [0.2, 0.25) is 5.91 Å². The number of nitrogens with zero attached hydrogens (tertiary/aromatic N) is 6. The van der Waals surface area contributed by atoms with Gasteiger partial charge in [0.15, 0.2) is 0 Å². The monoisotopic (exact) mass is 556 g/mol. The van der Waals surface area contributed by atoms with Crippen LogP contribution in [-0.2, 0) is 24.1 Å². The van der Waals surface area contributed by atoms with Crippen LogP contribution in [0, 0.1) is 5.41 Å². The van der Waals surface area contributed by atoms with Crippen molar-refractivity contribution < 1.29 is 9.53 Å². The molecule has 0 N–H and O–H groups in total. The predicted octanol–water partition coefficient (Wildman–Crippen LogP) is 3.87. The molecule has 218 valence electrons. The number of carbonyl (C=O) groups is 1. The fourth-order valence-corrected chi connectivity index (χ4v) is 8.01. The molecule has 0 unspecified atom stereocenters. The first-order chi connectivity index (χ1) is 20.0. The quantitative estimate of drug-likeness (QED) is 0.501. The molecule has 1 spiro atoms. The van der Waals surface area contributed by atoms with E-state index in [1.165, 1.54) is 54.3 Å². The maximum absolute atomic E-state index is 12.1. The average Bonchev–Trinajstić information content (AvgIpc) is 3.41. The number of piperidine rings is 1. The molecule has 0 radical (unpaired) electrons. The lowest BCUT2D eigenvalue weighted by atomic mass is 9.72. The van der Waals surface area contributed by atoms with E-state index >= 15 is 0 Å². The summed E-state index contributed by atoms with van der Waals surface area (Å²) in [5.41, 5.74) is 5.64. The number of carbonyl (C=O) groups excluding carboxylic acids is 1. The molecule has 41 heavy (non-hydrogen) atoms. The van der Waals surface area contributed by atoms with Crippen LogP contribution in [0.2, 0.25) is 0 Å². The Morgan fingerprint density at radius 3 is 2.68 bits per heavy atom. The van der Waals surface area contributed by atoms with E-state index in [0.717, 1.165) is 77.2 Å². The number of aryl methyl sites for hydroxylation is 1. The lowest BCUT2D eigenvalue weighted by Crippen LogP contribution is -2.61. The second-order valence-corrected chi connectivity index (χ2v) is 13.1. The average molecular weight is 557 g/mol. The van der Waals surface area contributed by atoms with Gasteiger partial charge in [-0.2, -0.15) is 9.97 Å². The third-order valence-corrected chi connectivity index (χ3v) is 10.5.